The topological polar surface area (TPSA) is 105 Å². The number of hydrogen-bond acceptors (Lipinski definition) is 6. The van der Waals surface area contributed by atoms with Crippen LogP contribution in [0.3, 0.4) is 0 Å². The lowest BCUT2D eigenvalue weighted by Gasteiger charge is -2.17. The van der Waals surface area contributed by atoms with E-state index in [4.69, 9.17) is 19.6 Å². The number of rotatable bonds is 7. The Bertz CT molecular complexity index is 1180. The molecule has 7 nitrogen and oxygen atoms in total. The van der Waals surface area contributed by atoms with Crippen molar-refractivity contribution in [3.05, 3.63) is 70.0 Å². The average Bonchev–Trinajstić information content (AvgIpc) is 3.12. The van der Waals surface area contributed by atoms with E-state index in [1.54, 1.807) is 0 Å². The van der Waals surface area contributed by atoms with Gasteiger partial charge in [0.15, 0.2) is 16.2 Å². The zero-order valence-corrected chi connectivity index (χ0v) is 18.4. The molecule has 1 aromatic heterocycles. The molecular weight excluding hydrogens is 516 g/mol. The van der Waals surface area contributed by atoms with Gasteiger partial charge in [0, 0.05) is 12.5 Å². The summed E-state index contributed by atoms with van der Waals surface area (Å²) in [6.45, 7) is 0.708. The van der Waals surface area contributed by atoms with Crippen LogP contribution >= 0.6 is 15.9 Å². The van der Waals surface area contributed by atoms with E-state index in [-0.39, 0.29) is 27.6 Å². The lowest BCUT2D eigenvalue weighted by atomic mass is 10.1. The van der Waals surface area contributed by atoms with E-state index in [1.165, 1.54) is 24.3 Å². The molecule has 0 aliphatic rings. The lowest BCUT2D eigenvalue weighted by molar-refractivity contribution is -0.144. The quantitative estimate of drug-likeness (QED) is 0.338. The number of alkyl halides is 3. The normalized spacial score (nSPS) is 12.3. The first-order valence-corrected chi connectivity index (χ1v) is 9.99. The molecule has 1 heterocycles. The van der Waals surface area contributed by atoms with Gasteiger partial charge in [-0.1, -0.05) is 18.2 Å². The number of carbonyl (C=O) groups is 2. The minimum Gasteiger partial charge on any atom is -0.474 e. The first kappa shape index (κ1) is 24.2. The monoisotopic (exact) mass is 530 g/mol. The number of halogens is 5. The smallest absolute Gasteiger partial charge is 0.416 e. The van der Waals surface area contributed by atoms with Crippen LogP contribution in [0.15, 0.2) is 51.6 Å². The van der Waals surface area contributed by atoms with Gasteiger partial charge in [0.25, 0.3) is 5.91 Å². The van der Waals surface area contributed by atoms with Crippen molar-refractivity contribution in [1.29, 1.82) is 0 Å². The number of esters is 1. The van der Waals surface area contributed by atoms with Gasteiger partial charge in [0.2, 0.25) is 12.0 Å². The van der Waals surface area contributed by atoms with Crippen LogP contribution in [0.5, 0.6) is 5.75 Å². The molecule has 12 heteroatoms. The molecule has 0 aliphatic carbocycles. The second kappa shape index (κ2) is 9.61. The summed E-state index contributed by atoms with van der Waals surface area (Å²) in [6.07, 6.45) is -5.76. The van der Waals surface area contributed by atoms with Crippen LogP contribution in [-0.4, -0.2) is 23.5 Å². The van der Waals surface area contributed by atoms with E-state index in [2.05, 4.69) is 20.9 Å². The minimum atomic E-state index is -4.50. The highest BCUT2D eigenvalue weighted by molar-refractivity contribution is 9.10. The number of oxazole rings is 1. The van der Waals surface area contributed by atoms with E-state index < -0.39 is 47.7 Å². The third kappa shape index (κ3) is 5.69. The summed E-state index contributed by atoms with van der Waals surface area (Å²) in [7, 11) is 0. The highest BCUT2D eigenvalue weighted by Gasteiger charge is 2.31. The highest BCUT2D eigenvalue weighted by Crippen LogP contribution is 2.35. The SMILES string of the molecule is CC(=O)OCC(Oc1cccc(C(N)=O)c1F)c1nc(-c2ccc(C(F)(F)F)cc2)c(Br)o1. The zero-order chi connectivity index (χ0) is 24.3. The van der Waals surface area contributed by atoms with E-state index >= 15 is 0 Å². The number of hydrogen-bond donors (Lipinski definition) is 1. The molecule has 1 unspecified atom stereocenters. The van der Waals surface area contributed by atoms with Gasteiger partial charge in [-0.2, -0.15) is 13.2 Å². The zero-order valence-electron chi connectivity index (χ0n) is 16.8. The first-order valence-electron chi connectivity index (χ1n) is 9.19. The van der Waals surface area contributed by atoms with E-state index in [0.717, 1.165) is 25.1 Å². The van der Waals surface area contributed by atoms with Crippen molar-refractivity contribution < 1.29 is 41.0 Å². The molecule has 0 saturated carbocycles. The van der Waals surface area contributed by atoms with Crippen LogP contribution < -0.4 is 10.5 Å². The summed E-state index contributed by atoms with van der Waals surface area (Å²) in [5, 5.41) is 0. The lowest BCUT2D eigenvalue weighted by Crippen LogP contribution is -2.19. The molecular formula is C21H15BrF4N2O5. The molecule has 0 bridgehead atoms. The number of amides is 1. The Balaban J connectivity index is 1.95. The molecule has 2 N–H and O–H groups in total. The summed E-state index contributed by atoms with van der Waals surface area (Å²) in [5.74, 6) is -3.26. The first-order chi connectivity index (χ1) is 15.5. The Morgan fingerprint density at radius 3 is 2.42 bits per heavy atom. The van der Waals surface area contributed by atoms with Crippen LogP contribution in [0.2, 0.25) is 0 Å². The van der Waals surface area contributed by atoms with Gasteiger partial charge in [-0.15, -0.1) is 0 Å². The maximum Gasteiger partial charge on any atom is 0.416 e. The molecule has 174 valence electrons. The Kier molecular flexibility index (Phi) is 7.06. The Labute approximate surface area is 192 Å². The Morgan fingerprint density at radius 2 is 1.85 bits per heavy atom. The molecule has 0 radical (unpaired) electrons. The van der Waals surface area contributed by atoms with Crippen LogP contribution in [0.4, 0.5) is 17.6 Å². The molecule has 0 fully saturated rings. The second-order valence-electron chi connectivity index (χ2n) is 6.64. The summed E-state index contributed by atoms with van der Waals surface area (Å²) in [5.41, 5.74) is 4.31. The molecule has 3 rings (SSSR count). The number of benzene rings is 2. The predicted octanol–water partition coefficient (Wildman–Crippen LogP) is 5.04. The fourth-order valence-corrected chi connectivity index (χ4v) is 3.23. The van der Waals surface area contributed by atoms with Gasteiger partial charge in [-0.05, 0) is 40.2 Å². The van der Waals surface area contributed by atoms with Gasteiger partial charge in [0.1, 0.15) is 12.3 Å². The van der Waals surface area contributed by atoms with E-state index in [9.17, 15) is 27.2 Å². The maximum atomic E-state index is 14.6. The van der Waals surface area contributed by atoms with Crippen molar-refractivity contribution in [3.63, 3.8) is 0 Å². The fourth-order valence-electron chi connectivity index (χ4n) is 2.74. The van der Waals surface area contributed by atoms with Gasteiger partial charge >= 0.3 is 12.1 Å². The fraction of sp³-hybridized carbons (Fsp3) is 0.190. The van der Waals surface area contributed by atoms with Crippen LogP contribution in [0, 0.1) is 5.82 Å². The number of nitrogens with two attached hydrogens (primary N) is 1. The maximum absolute atomic E-state index is 14.6. The van der Waals surface area contributed by atoms with Crippen molar-refractivity contribution in [2.24, 2.45) is 5.73 Å². The van der Waals surface area contributed by atoms with Crippen molar-refractivity contribution in [2.75, 3.05) is 6.61 Å². The summed E-state index contributed by atoms with van der Waals surface area (Å²) < 4.78 is 69.1. The van der Waals surface area contributed by atoms with Crippen LogP contribution in [0.25, 0.3) is 11.3 Å². The Morgan fingerprint density at radius 1 is 1.18 bits per heavy atom. The van der Waals surface area contributed by atoms with Gasteiger partial charge < -0.3 is 19.6 Å². The summed E-state index contributed by atoms with van der Waals surface area (Å²) in [6, 6.07) is 7.88. The Hall–Kier alpha value is -3.41. The molecule has 0 spiro atoms. The third-order valence-electron chi connectivity index (χ3n) is 4.30. The second-order valence-corrected chi connectivity index (χ2v) is 7.36. The molecule has 33 heavy (non-hydrogen) atoms. The number of carbonyl (C=O) groups excluding carboxylic acids is 2. The predicted molar refractivity (Wildman–Crippen MR) is 110 cm³/mol. The third-order valence-corrected chi connectivity index (χ3v) is 4.84. The largest absolute Gasteiger partial charge is 0.474 e. The number of primary amides is 1. The molecule has 3 aromatic rings. The van der Waals surface area contributed by atoms with E-state index in [0.29, 0.717) is 0 Å². The summed E-state index contributed by atoms with van der Waals surface area (Å²) >= 11 is 3.14. The van der Waals surface area contributed by atoms with Gasteiger partial charge in [0.05, 0.1) is 11.1 Å². The summed E-state index contributed by atoms with van der Waals surface area (Å²) in [4.78, 5) is 26.9. The minimum absolute atomic E-state index is 0.0556. The van der Waals surface area contributed by atoms with Crippen LogP contribution in [-0.2, 0) is 15.7 Å². The molecule has 0 aliphatic heterocycles. The molecule has 1 amide bonds. The highest BCUT2D eigenvalue weighted by atomic mass is 79.9. The van der Waals surface area contributed by atoms with Crippen molar-refractivity contribution in [3.8, 4) is 17.0 Å². The molecule has 0 saturated heterocycles. The number of aromatic nitrogens is 1. The number of ether oxygens (including phenoxy) is 2. The van der Waals surface area contributed by atoms with Crippen LogP contribution in [0.1, 0.15) is 34.8 Å². The van der Waals surface area contributed by atoms with E-state index in [1.807, 2.05) is 0 Å². The van der Waals surface area contributed by atoms with Gasteiger partial charge in [-0.25, -0.2) is 9.37 Å². The molecule has 2 aromatic carbocycles. The average molecular weight is 531 g/mol. The van der Waals surface area contributed by atoms with Crippen molar-refractivity contribution in [1.82, 2.24) is 4.98 Å². The number of nitrogens with zero attached hydrogens (tertiary/aromatic N) is 1. The van der Waals surface area contributed by atoms with Crippen molar-refractivity contribution >= 4 is 27.8 Å². The standard InChI is InChI=1S/C21H15BrF4N2O5/c1-10(29)31-9-15(32-14-4-2-3-13(16(14)23)19(27)30)20-28-17(18(22)33-20)11-5-7-12(8-6-11)21(24,25)26/h2-8,15H,9H2,1H3,(H2,27,30). The van der Waals surface area contributed by atoms with Gasteiger partial charge in [-0.3, -0.25) is 9.59 Å². The van der Waals surface area contributed by atoms with Crippen molar-refractivity contribution in [2.45, 2.75) is 19.2 Å². The molecule has 1 atom stereocenters.